The van der Waals surface area contributed by atoms with Crippen LogP contribution in [0, 0.1) is 5.92 Å². The summed E-state index contributed by atoms with van der Waals surface area (Å²) in [7, 11) is 0. The number of alkyl halides is 1. The molecule has 2 unspecified atom stereocenters. The van der Waals surface area contributed by atoms with Crippen molar-refractivity contribution < 1.29 is 0 Å². The van der Waals surface area contributed by atoms with Crippen LogP contribution in [0.3, 0.4) is 0 Å². The standard InChI is InChI=1S/C11H20BrNS/c12-7-10-3-1-2-5-13(8-10)11-4-6-14-9-11/h10-11H,1-9H2. The number of hydrogen-bond acceptors (Lipinski definition) is 2. The Labute approximate surface area is 100 Å². The largest absolute Gasteiger partial charge is 0.299 e. The smallest absolute Gasteiger partial charge is 0.0194 e. The van der Waals surface area contributed by atoms with Crippen molar-refractivity contribution in [1.82, 2.24) is 4.90 Å². The molecule has 2 rings (SSSR count). The molecule has 1 nitrogen and oxygen atoms in total. The van der Waals surface area contributed by atoms with Crippen molar-refractivity contribution >= 4 is 27.7 Å². The normalized spacial score (nSPS) is 35.8. The quantitative estimate of drug-likeness (QED) is 0.714. The maximum absolute atomic E-state index is 3.65. The van der Waals surface area contributed by atoms with E-state index in [0.29, 0.717) is 0 Å². The molecule has 3 heteroatoms. The Morgan fingerprint density at radius 1 is 1.29 bits per heavy atom. The molecular formula is C11H20BrNS. The molecular weight excluding hydrogens is 258 g/mol. The minimum Gasteiger partial charge on any atom is -0.299 e. The lowest BCUT2D eigenvalue weighted by atomic mass is 10.1. The summed E-state index contributed by atoms with van der Waals surface area (Å²) >= 11 is 5.79. The van der Waals surface area contributed by atoms with Gasteiger partial charge >= 0.3 is 0 Å². The van der Waals surface area contributed by atoms with E-state index in [1.807, 2.05) is 0 Å². The Bertz CT molecular complexity index is 171. The van der Waals surface area contributed by atoms with E-state index in [4.69, 9.17) is 0 Å². The Balaban J connectivity index is 1.88. The summed E-state index contributed by atoms with van der Waals surface area (Å²) in [6, 6.07) is 0.902. The van der Waals surface area contributed by atoms with Gasteiger partial charge in [-0.05, 0) is 37.5 Å². The number of likely N-dealkylation sites (tertiary alicyclic amines) is 1. The number of nitrogens with zero attached hydrogens (tertiary/aromatic N) is 1. The van der Waals surface area contributed by atoms with E-state index in [1.165, 1.54) is 55.6 Å². The molecule has 2 atom stereocenters. The molecule has 2 heterocycles. The van der Waals surface area contributed by atoms with Gasteiger partial charge in [0.2, 0.25) is 0 Å². The summed E-state index contributed by atoms with van der Waals surface area (Å²) in [6.07, 6.45) is 5.72. The molecule has 2 aliphatic heterocycles. The van der Waals surface area contributed by atoms with Gasteiger partial charge in [-0.3, -0.25) is 4.90 Å². The van der Waals surface area contributed by atoms with Crippen LogP contribution in [0.4, 0.5) is 0 Å². The van der Waals surface area contributed by atoms with E-state index in [2.05, 4.69) is 32.6 Å². The molecule has 0 radical (unpaired) electrons. The summed E-state index contributed by atoms with van der Waals surface area (Å²) in [6.45, 7) is 2.70. The van der Waals surface area contributed by atoms with Crippen molar-refractivity contribution in [2.75, 3.05) is 29.9 Å². The van der Waals surface area contributed by atoms with E-state index < -0.39 is 0 Å². The van der Waals surface area contributed by atoms with Crippen LogP contribution in [0.1, 0.15) is 25.7 Å². The van der Waals surface area contributed by atoms with Crippen LogP contribution in [-0.4, -0.2) is 40.9 Å². The van der Waals surface area contributed by atoms with Gasteiger partial charge in [0.15, 0.2) is 0 Å². The Hall–Kier alpha value is 0.790. The van der Waals surface area contributed by atoms with Gasteiger partial charge in [-0.1, -0.05) is 22.4 Å². The molecule has 0 amide bonds. The van der Waals surface area contributed by atoms with Crippen molar-refractivity contribution in [3.63, 3.8) is 0 Å². The lowest BCUT2D eigenvalue weighted by Gasteiger charge is -2.28. The zero-order valence-corrected chi connectivity index (χ0v) is 11.2. The third-order valence-corrected chi connectivity index (χ3v) is 5.50. The molecule has 0 aromatic carbocycles. The molecule has 0 spiro atoms. The number of rotatable bonds is 2. The second kappa shape index (κ2) is 5.76. The van der Waals surface area contributed by atoms with Gasteiger partial charge < -0.3 is 0 Å². The monoisotopic (exact) mass is 277 g/mol. The van der Waals surface area contributed by atoms with Gasteiger partial charge in [0, 0.05) is 23.7 Å². The molecule has 0 aliphatic carbocycles. The summed E-state index contributed by atoms with van der Waals surface area (Å²) in [4.78, 5) is 2.76. The van der Waals surface area contributed by atoms with Crippen LogP contribution in [0.15, 0.2) is 0 Å². The van der Waals surface area contributed by atoms with Gasteiger partial charge in [-0.25, -0.2) is 0 Å². The maximum atomic E-state index is 3.65. The first-order valence-electron chi connectivity index (χ1n) is 5.78. The number of hydrogen-bond donors (Lipinski definition) is 0. The highest BCUT2D eigenvalue weighted by Gasteiger charge is 2.26. The van der Waals surface area contributed by atoms with E-state index in [1.54, 1.807) is 0 Å². The first-order valence-corrected chi connectivity index (χ1v) is 8.05. The fourth-order valence-corrected chi connectivity index (χ4v) is 4.31. The van der Waals surface area contributed by atoms with Crippen LogP contribution >= 0.6 is 27.7 Å². The molecule has 2 saturated heterocycles. The van der Waals surface area contributed by atoms with Gasteiger partial charge in [0.05, 0.1) is 0 Å². The second-order valence-corrected chi connectivity index (χ2v) is 6.33. The summed E-state index contributed by atoms with van der Waals surface area (Å²) in [5.74, 6) is 3.68. The highest BCUT2D eigenvalue weighted by Crippen LogP contribution is 2.26. The summed E-state index contributed by atoms with van der Waals surface area (Å²) in [5, 5.41) is 1.20. The van der Waals surface area contributed by atoms with Gasteiger partial charge in [-0.2, -0.15) is 11.8 Å². The maximum Gasteiger partial charge on any atom is 0.0194 e. The Morgan fingerprint density at radius 3 is 2.93 bits per heavy atom. The lowest BCUT2D eigenvalue weighted by Crippen LogP contribution is -2.38. The molecule has 82 valence electrons. The van der Waals surface area contributed by atoms with E-state index in [0.717, 1.165) is 12.0 Å². The Morgan fingerprint density at radius 2 is 2.21 bits per heavy atom. The fourth-order valence-electron chi connectivity index (χ4n) is 2.53. The SMILES string of the molecule is BrCC1CCCCN(C2CCSC2)C1. The predicted molar refractivity (Wildman–Crippen MR) is 68.4 cm³/mol. The van der Waals surface area contributed by atoms with E-state index in [-0.39, 0.29) is 0 Å². The van der Waals surface area contributed by atoms with Gasteiger partial charge in [0.25, 0.3) is 0 Å². The minimum absolute atomic E-state index is 0.902. The van der Waals surface area contributed by atoms with Crippen molar-refractivity contribution in [3.8, 4) is 0 Å². The topological polar surface area (TPSA) is 3.24 Å². The van der Waals surface area contributed by atoms with Crippen molar-refractivity contribution in [3.05, 3.63) is 0 Å². The zero-order chi connectivity index (χ0) is 9.80. The molecule has 0 bridgehead atoms. The van der Waals surface area contributed by atoms with E-state index in [9.17, 15) is 0 Å². The second-order valence-electron chi connectivity index (χ2n) is 4.53. The predicted octanol–water partition coefficient (Wildman–Crippen LogP) is 2.99. The molecule has 2 aliphatic rings. The average molecular weight is 278 g/mol. The van der Waals surface area contributed by atoms with Crippen molar-refractivity contribution in [2.45, 2.75) is 31.7 Å². The zero-order valence-electron chi connectivity index (χ0n) is 8.75. The van der Waals surface area contributed by atoms with Crippen LogP contribution < -0.4 is 0 Å². The van der Waals surface area contributed by atoms with Crippen LogP contribution in [0.5, 0.6) is 0 Å². The third-order valence-electron chi connectivity index (χ3n) is 3.44. The van der Waals surface area contributed by atoms with Gasteiger partial charge in [-0.15, -0.1) is 0 Å². The third kappa shape index (κ3) is 2.89. The first kappa shape index (κ1) is 11.3. The molecule has 0 N–H and O–H groups in total. The minimum atomic E-state index is 0.902. The van der Waals surface area contributed by atoms with E-state index >= 15 is 0 Å². The number of thioether (sulfide) groups is 1. The summed E-state index contributed by atoms with van der Waals surface area (Å²) < 4.78 is 0. The van der Waals surface area contributed by atoms with Crippen molar-refractivity contribution in [2.24, 2.45) is 5.92 Å². The molecule has 14 heavy (non-hydrogen) atoms. The van der Waals surface area contributed by atoms with Crippen LogP contribution in [0.2, 0.25) is 0 Å². The molecule has 0 aromatic heterocycles. The van der Waals surface area contributed by atoms with Crippen LogP contribution in [-0.2, 0) is 0 Å². The molecule has 0 saturated carbocycles. The van der Waals surface area contributed by atoms with Gasteiger partial charge in [0.1, 0.15) is 0 Å². The summed E-state index contributed by atoms with van der Waals surface area (Å²) in [5.41, 5.74) is 0. The highest BCUT2D eigenvalue weighted by molar-refractivity contribution is 9.09. The average Bonchev–Trinajstić information content (AvgIpc) is 2.63. The van der Waals surface area contributed by atoms with Crippen LogP contribution in [0.25, 0.3) is 0 Å². The molecule has 0 aromatic rings. The highest BCUT2D eigenvalue weighted by atomic mass is 79.9. The lowest BCUT2D eigenvalue weighted by molar-refractivity contribution is 0.201. The fraction of sp³-hybridized carbons (Fsp3) is 1.00. The molecule has 2 fully saturated rings. The first-order chi connectivity index (χ1) is 6.90. The Kier molecular flexibility index (Phi) is 4.64. The number of halogens is 1. The van der Waals surface area contributed by atoms with Crippen molar-refractivity contribution in [1.29, 1.82) is 0 Å².